The molecule has 2 N–H and O–H groups in total. The highest BCUT2D eigenvalue weighted by atomic mass is 16.2. The van der Waals surface area contributed by atoms with Crippen LogP contribution in [0.15, 0.2) is 30.5 Å². The molecule has 0 atom stereocenters. The molecule has 0 aliphatic rings. The van der Waals surface area contributed by atoms with E-state index < -0.39 is 0 Å². The van der Waals surface area contributed by atoms with Crippen molar-refractivity contribution in [3.05, 3.63) is 47.3 Å². The average molecular weight is 303 g/mol. The van der Waals surface area contributed by atoms with Crippen molar-refractivity contribution in [3.63, 3.8) is 0 Å². The van der Waals surface area contributed by atoms with Crippen LogP contribution in [0.5, 0.6) is 0 Å². The molecule has 0 aromatic carbocycles. The number of nitrogens with zero attached hydrogens (tertiary/aromatic N) is 1. The quantitative estimate of drug-likeness (QED) is 0.755. The van der Waals surface area contributed by atoms with Gasteiger partial charge in [-0.3, -0.25) is 9.59 Å². The molecule has 22 heavy (non-hydrogen) atoms. The second kappa shape index (κ2) is 7.64. The molecule has 1 aromatic rings. The zero-order chi connectivity index (χ0) is 16.9. The second-order valence-electron chi connectivity index (χ2n) is 5.80. The highest BCUT2D eigenvalue weighted by Gasteiger charge is 2.20. The van der Waals surface area contributed by atoms with E-state index in [9.17, 15) is 9.59 Å². The Labute approximate surface area is 132 Å². The summed E-state index contributed by atoms with van der Waals surface area (Å²) in [6.45, 7) is 14.0. The van der Waals surface area contributed by atoms with Crippen LogP contribution in [0.2, 0.25) is 0 Å². The van der Waals surface area contributed by atoms with Gasteiger partial charge in [-0.25, -0.2) is 0 Å². The summed E-state index contributed by atoms with van der Waals surface area (Å²) in [6, 6.07) is 0. The van der Waals surface area contributed by atoms with Gasteiger partial charge < -0.3 is 15.2 Å². The highest BCUT2D eigenvalue weighted by molar-refractivity contribution is 5.98. The molecule has 0 saturated heterocycles. The third kappa shape index (κ3) is 4.91. The third-order valence-corrected chi connectivity index (χ3v) is 3.19. The van der Waals surface area contributed by atoms with Gasteiger partial charge in [0.25, 0.3) is 5.91 Å². The Morgan fingerprint density at radius 1 is 1.14 bits per heavy atom. The van der Waals surface area contributed by atoms with E-state index in [0.29, 0.717) is 24.3 Å². The molecule has 0 spiro atoms. The predicted molar refractivity (Wildman–Crippen MR) is 88.8 cm³/mol. The van der Waals surface area contributed by atoms with Crippen LogP contribution in [-0.4, -0.2) is 29.5 Å². The fourth-order valence-corrected chi connectivity index (χ4v) is 2.14. The van der Waals surface area contributed by atoms with Crippen LogP contribution in [0.3, 0.4) is 0 Å². The number of aryl methyl sites for hydroxylation is 2. The number of carbonyl (C=O) groups excluding carboxylic acids is 2. The molecule has 5 nitrogen and oxygen atoms in total. The summed E-state index contributed by atoms with van der Waals surface area (Å²) in [7, 11) is 1.84. The minimum atomic E-state index is -0.177. The molecular formula is C17H25N3O2. The fraction of sp³-hybridized carbons (Fsp3) is 0.412. The number of rotatable bonds is 7. The number of amides is 2. The molecule has 0 bridgehead atoms. The maximum Gasteiger partial charge on any atom is 0.253 e. The van der Waals surface area contributed by atoms with Gasteiger partial charge in [-0.1, -0.05) is 24.3 Å². The predicted octanol–water partition coefficient (Wildman–Crippen LogP) is 1.87. The highest BCUT2D eigenvalue weighted by Crippen LogP contribution is 2.17. The fourth-order valence-electron chi connectivity index (χ4n) is 2.14. The van der Waals surface area contributed by atoms with Gasteiger partial charge in [0.1, 0.15) is 0 Å². The number of nitrogens with one attached hydrogen (secondary N) is 2. The summed E-state index contributed by atoms with van der Waals surface area (Å²) in [6.07, 6.45) is 2.02. The van der Waals surface area contributed by atoms with E-state index in [-0.39, 0.29) is 18.2 Å². The van der Waals surface area contributed by atoms with Crippen molar-refractivity contribution in [3.8, 4) is 0 Å². The Morgan fingerprint density at radius 2 is 1.68 bits per heavy atom. The van der Waals surface area contributed by atoms with Crippen molar-refractivity contribution >= 4 is 11.8 Å². The lowest BCUT2D eigenvalue weighted by atomic mass is 10.1. The molecule has 120 valence electrons. The Bertz CT molecular complexity index is 612. The van der Waals surface area contributed by atoms with Gasteiger partial charge in [0.15, 0.2) is 0 Å². The summed E-state index contributed by atoms with van der Waals surface area (Å²) >= 11 is 0. The van der Waals surface area contributed by atoms with Gasteiger partial charge >= 0.3 is 0 Å². The van der Waals surface area contributed by atoms with Gasteiger partial charge in [0.05, 0.1) is 12.0 Å². The van der Waals surface area contributed by atoms with Gasteiger partial charge in [-0.2, -0.15) is 0 Å². The minimum absolute atomic E-state index is 0.127. The molecule has 0 fully saturated rings. The van der Waals surface area contributed by atoms with Crippen molar-refractivity contribution in [2.75, 3.05) is 13.1 Å². The van der Waals surface area contributed by atoms with E-state index >= 15 is 0 Å². The Morgan fingerprint density at radius 3 is 2.23 bits per heavy atom. The molecule has 1 rings (SSSR count). The molecule has 0 radical (unpaired) electrons. The normalized spacial score (nSPS) is 10.2. The van der Waals surface area contributed by atoms with Gasteiger partial charge in [0.2, 0.25) is 5.91 Å². The van der Waals surface area contributed by atoms with Crippen LogP contribution in [0, 0.1) is 6.92 Å². The first kappa shape index (κ1) is 17.8. The first-order valence-electron chi connectivity index (χ1n) is 7.20. The van der Waals surface area contributed by atoms with Crippen molar-refractivity contribution in [1.29, 1.82) is 0 Å². The maximum absolute atomic E-state index is 12.3. The first-order chi connectivity index (χ1) is 10.2. The molecule has 0 unspecified atom stereocenters. The lowest BCUT2D eigenvalue weighted by molar-refractivity contribution is -0.120. The van der Waals surface area contributed by atoms with Gasteiger partial charge in [-0.05, 0) is 26.3 Å². The summed E-state index contributed by atoms with van der Waals surface area (Å²) in [5, 5.41) is 5.60. The number of hydrogen-bond donors (Lipinski definition) is 2. The van der Waals surface area contributed by atoms with Crippen LogP contribution < -0.4 is 10.6 Å². The van der Waals surface area contributed by atoms with E-state index in [2.05, 4.69) is 23.8 Å². The van der Waals surface area contributed by atoms with Crippen LogP contribution in [-0.2, 0) is 18.3 Å². The maximum atomic E-state index is 12.3. The minimum Gasteiger partial charge on any atom is -0.353 e. The smallest absolute Gasteiger partial charge is 0.253 e. The summed E-state index contributed by atoms with van der Waals surface area (Å²) in [4.78, 5) is 24.3. The Kier molecular flexibility index (Phi) is 6.16. The topological polar surface area (TPSA) is 63.1 Å². The molecular weight excluding hydrogens is 278 g/mol. The lowest BCUT2D eigenvalue weighted by Crippen LogP contribution is -2.30. The van der Waals surface area contributed by atoms with Crippen molar-refractivity contribution in [2.24, 2.45) is 7.05 Å². The molecule has 1 heterocycles. The average Bonchev–Trinajstić information content (AvgIpc) is 2.68. The van der Waals surface area contributed by atoms with Crippen LogP contribution in [0.4, 0.5) is 0 Å². The Balaban J connectivity index is 2.90. The Hall–Kier alpha value is -2.30. The van der Waals surface area contributed by atoms with E-state index in [1.165, 1.54) is 0 Å². The van der Waals surface area contributed by atoms with Crippen LogP contribution in [0.25, 0.3) is 0 Å². The second-order valence-corrected chi connectivity index (χ2v) is 5.80. The third-order valence-electron chi connectivity index (χ3n) is 3.19. The molecule has 1 aromatic heterocycles. The number of carbonyl (C=O) groups is 2. The molecule has 0 aliphatic carbocycles. The van der Waals surface area contributed by atoms with E-state index in [1.54, 1.807) is 0 Å². The van der Waals surface area contributed by atoms with Crippen molar-refractivity contribution in [2.45, 2.75) is 27.2 Å². The largest absolute Gasteiger partial charge is 0.353 e. The number of aromatic nitrogens is 1. The standard InChI is InChI=1S/C17H25N3O2/c1-11(2)8-18-15(21)7-14-16(13(5)10-20(14)6)17(22)19-9-12(3)4/h10H,1,3,7-9H2,2,4-6H3,(H,18,21)(H,19,22). The summed E-state index contributed by atoms with van der Waals surface area (Å²) in [5.41, 5.74) is 3.88. The summed E-state index contributed by atoms with van der Waals surface area (Å²) in [5.74, 6) is -0.304. The first-order valence-corrected chi connectivity index (χ1v) is 7.20. The molecule has 0 saturated carbocycles. The SMILES string of the molecule is C=C(C)CNC(=O)Cc1c(C(=O)NCC(=C)C)c(C)cn1C. The van der Waals surface area contributed by atoms with Crippen LogP contribution in [0.1, 0.15) is 35.5 Å². The van der Waals surface area contributed by atoms with Gasteiger partial charge in [0, 0.05) is 32.0 Å². The lowest BCUT2D eigenvalue weighted by Gasteiger charge is -2.10. The van der Waals surface area contributed by atoms with E-state index in [0.717, 1.165) is 16.7 Å². The molecule has 5 heteroatoms. The molecule has 0 aliphatic heterocycles. The monoisotopic (exact) mass is 303 g/mol. The summed E-state index contributed by atoms with van der Waals surface area (Å²) < 4.78 is 1.82. The zero-order valence-electron chi connectivity index (χ0n) is 13.9. The van der Waals surface area contributed by atoms with E-state index in [4.69, 9.17) is 0 Å². The van der Waals surface area contributed by atoms with Crippen molar-refractivity contribution < 1.29 is 9.59 Å². The zero-order valence-corrected chi connectivity index (χ0v) is 13.9. The van der Waals surface area contributed by atoms with E-state index in [1.807, 2.05) is 38.6 Å². The van der Waals surface area contributed by atoms with Crippen LogP contribution >= 0.6 is 0 Å². The van der Waals surface area contributed by atoms with Crippen molar-refractivity contribution in [1.82, 2.24) is 15.2 Å². The number of hydrogen-bond acceptors (Lipinski definition) is 2. The van der Waals surface area contributed by atoms with Gasteiger partial charge in [-0.15, -0.1) is 0 Å². The molecule has 2 amide bonds.